The summed E-state index contributed by atoms with van der Waals surface area (Å²) in [5.41, 5.74) is 0. The molecule has 0 bridgehead atoms. The number of hydrogen-bond acceptors (Lipinski definition) is 3. The maximum Gasteiger partial charge on any atom is 0.279 e. The Hall–Kier alpha value is -0.170. The predicted molar refractivity (Wildman–Crippen MR) is 79.2 cm³/mol. The first-order valence-corrected chi connectivity index (χ1v) is 8.79. The van der Waals surface area contributed by atoms with Crippen LogP contribution in [0.4, 0.5) is 0 Å². The third-order valence-corrected chi connectivity index (χ3v) is 5.26. The first-order valence-electron chi connectivity index (χ1n) is 7.35. The van der Waals surface area contributed by atoms with Gasteiger partial charge in [-0.25, -0.2) is 4.72 Å². The molecule has 19 heavy (non-hydrogen) atoms. The highest BCUT2D eigenvalue weighted by Crippen LogP contribution is 2.18. The predicted octanol–water partition coefficient (Wildman–Crippen LogP) is 1.19. The average molecular weight is 291 g/mol. The Kier molecular flexibility index (Phi) is 7.28. The Morgan fingerprint density at radius 3 is 2.42 bits per heavy atom. The summed E-state index contributed by atoms with van der Waals surface area (Å²) in [5, 5.41) is 3.16. The van der Waals surface area contributed by atoms with Crippen molar-refractivity contribution in [3.8, 4) is 0 Å². The molecule has 1 aliphatic rings. The second kappa shape index (κ2) is 8.19. The number of nitrogens with zero attached hydrogens (tertiary/aromatic N) is 1. The fourth-order valence-corrected chi connectivity index (χ4v) is 3.72. The third kappa shape index (κ3) is 6.21. The summed E-state index contributed by atoms with van der Waals surface area (Å²) in [4.78, 5) is 0. The third-order valence-electron chi connectivity index (χ3n) is 3.65. The molecule has 0 aromatic heterocycles. The van der Waals surface area contributed by atoms with Crippen LogP contribution >= 0.6 is 0 Å². The van der Waals surface area contributed by atoms with Gasteiger partial charge >= 0.3 is 0 Å². The molecule has 0 spiro atoms. The molecule has 2 N–H and O–H groups in total. The van der Waals surface area contributed by atoms with Gasteiger partial charge in [-0.2, -0.15) is 12.7 Å². The van der Waals surface area contributed by atoms with Crippen LogP contribution in [0.15, 0.2) is 0 Å². The number of hydrogen-bond donors (Lipinski definition) is 2. The summed E-state index contributed by atoms with van der Waals surface area (Å²) >= 11 is 0. The first-order chi connectivity index (χ1) is 8.95. The fourth-order valence-electron chi connectivity index (χ4n) is 2.45. The summed E-state index contributed by atoms with van der Waals surface area (Å²) in [6.45, 7) is 7.13. The van der Waals surface area contributed by atoms with Crippen molar-refractivity contribution in [2.45, 2.75) is 39.5 Å². The summed E-state index contributed by atoms with van der Waals surface area (Å²) in [5.74, 6) is 1.24. The van der Waals surface area contributed by atoms with Gasteiger partial charge in [0.2, 0.25) is 0 Å². The highest BCUT2D eigenvalue weighted by molar-refractivity contribution is 7.87. The van der Waals surface area contributed by atoms with Gasteiger partial charge in [0.05, 0.1) is 0 Å². The van der Waals surface area contributed by atoms with Crippen molar-refractivity contribution < 1.29 is 8.42 Å². The van der Waals surface area contributed by atoms with Crippen LogP contribution in [0.5, 0.6) is 0 Å². The van der Waals surface area contributed by atoms with E-state index in [1.165, 1.54) is 0 Å². The molecular formula is C13H29N3O2S. The molecule has 1 fully saturated rings. The lowest BCUT2D eigenvalue weighted by Gasteiger charge is -2.31. The van der Waals surface area contributed by atoms with Crippen LogP contribution in [-0.2, 0) is 10.2 Å². The lowest BCUT2D eigenvalue weighted by molar-refractivity contribution is 0.268. The van der Waals surface area contributed by atoms with E-state index >= 15 is 0 Å². The SMILES string of the molecule is CNCC1CCN(S(=O)(=O)NCCCC(C)C)CC1. The molecular weight excluding hydrogens is 262 g/mol. The van der Waals surface area contributed by atoms with Crippen LogP contribution in [0.25, 0.3) is 0 Å². The quantitative estimate of drug-likeness (QED) is 0.660. The minimum Gasteiger partial charge on any atom is -0.319 e. The van der Waals surface area contributed by atoms with Crippen LogP contribution in [0.2, 0.25) is 0 Å². The maximum atomic E-state index is 12.1. The van der Waals surface area contributed by atoms with E-state index in [9.17, 15) is 8.42 Å². The summed E-state index contributed by atoms with van der Waals surface area (Å²) < 4.78 is 28.5. The topological polar surface area (TPSA) is 61.4 Å². The van der Waals surface area contributed by atoms with Crippen molar-refractivity contribution >= 4 is 10.2 Å². The molecule has 1 aliphatic heterocycles. The smallest absolute Gasteiger partial charge is 0.279 e. The van der Waals surface area contributed by atoms with E-state index in [0.717, 1.165) is 32.2 Å². The first kappa shape index (κ1) is 16.9. The van der Waals surface area contributed by atoms with Crippen molar-refractivity contribution in [3.63, 3.8) is 0 Å². The van der Waals surface area contributed by atoms with Gasteiger partial charge in [0.1, 0.15) is 0 Å². The average Bonchev–Trinajstić information content (AvgIpc) is 2.36. The van der Waals surface area contributed by atoms with Crippen molar-refractivity contribution in [1.29, 1.82) is 0 Å². The Balaban J connectivity index is 2.30. The molecule has 0 atom stereocenters. The summed E-state index contributed by atoms with van der Waals surface area (Å²) in [6, 6.07) is 0. The number of nitrogens with one attached hydrogen (secondary N) is 2. The summed E-state index contributed by atoms with van der Waals surface area (Å²) in [6.07, 6.45) is 3.88. The molecule has 0 aromatic rings. The largest absolute Gasteiger partial charge is 0.319 e. The van der Waals surface area contributed by atoms with Crippen molar-refractivity contribution in [3.05, 3.63) is 0 Å². The zero-order valence-corrected chi connectivity index (χ0v) is 13.3. The zero-order chi connectivity index (χ0) is 14.3. The molecule has 0 aliphatic carbocycles. The minimum atomic E-state index is -3.26. The summed E-state index contributed by atoms with van der Waals surface area (Å²) in [7, 11) is -1.31. The van der Waals surface area contributed by atoms with E-state index in [1.807, 2.05) is 7.05 Å². The molecule has 1 rings (SSSR count). The molecule has 0 saturated carbocycles. The van der Waals surface area contributed by atoms with E-state index in [2.05, 4.69) is 23.9 Å². The van der Waals surface area contributed by atoms with Crippen LogP contribution in [-0.4, -0.2) is 45.9 Å². The Morgan fingerprint density at radius 2 is 1.89 bits per heavy atom. The molecule has 1 saturated heterocycles. The highest BCUT2D eigenvalue weighted by atomic mass is 32.2. The zero-order valence-electron chi connectivity index (χ0n) is 12.5. The van der Waals surface area contributed by atoms with Gasteiger partial charge in [-0.05, 0) is 51.1 Å². The van der Waals surface area contributed by atoms with Crippen molar-refractivity contribution in [1.82, 2.24) is 14.3 Å². The normalized spacial score (nSPS) is 19.2. The van der Waals surface area contributed by atoms with E-state index in [1.54, 1.807) is 4.31 Å². The van der Waals surface area contributed by atoms with Gasteiger partial charge in [0, 0.05) is 19.6 Å². The van der Waals surface area contributed by atoms with Gasteiger partial charge in [-0.3, -0.25) is 0 Å². The van der Waals surface area contributed by atoms with E-state index < -0.39 is 10.2 Å². The van der Waals surface area contributed by atoms with Gasteiger partial charge < -0.3 is 5.32 Å². The van der Waals surface area contributed by atoms with E-state index in [-0.39, 0.29) is 0 Å². The molecule has 0 amide bonds. The molecule has 0 unspecified atom stereocenters. The molecule has 114 valence electrons. The Labute approximate surface area is 118 Å². The number of rotatable bonds is 8. The lowest BCUT2D eigenvalue weighted by atomic mass is 9.98. The lowest BCUT2D eigenvalue weighted by Crippen LogP contribution is -2.46. The highest BCUT2D eigenvalue weighted by Gasteiger charge is 2.27. The Bertz CT molecular complexity index is 336. The minimum absolute atomic E-state index is 0.553. The maximum absolute atomic E-state index is 12.1. The second-order valence-electron chi connectivity index (χ2n) is 5.84. The molecule has 6 heteroatoms. The van der Waals surface area contributed by atoms with Crippen LogP contribution < -0.4 is 10.0 Å². The van der Waals surface area contributed by atoms with E-state index in [4.69, 9.17) is 0 Å². The standard InChI is InChI=1S/C13H29N3O2S/c1-12(2)5-4-8-15-19(17,18)16-9-6-13(7-10-16)11-14-3/h12-15H,4-11H2,1-3H3. The van der Waals surface area contributed by atoms with Gasteiger partial charge in [0.15, 0.2) is 0 Å². The molecule has 0 aromatic carbocycles. The molecule has 1 heterocycles. The number of piperidine rings is 1. The molecule has 5 nitrogen and oxygen atoms in total. The van der Waals surface area contributed by atoms with Crippen molar-refractivity contribution in [2.24, 2.45) is 11.8 Å². The van der Waals surface area contributed by atoms with E-state index in [0.29, 0.717) is 31.5 Å². The van der Waals surface area contributed by atoms with Gasteiger partial charge in [-0.1, -0.05) is 13.8 Å². The second-order valence-corrected chi connectivity index (χ2v) is 7.59. The van der Waals surface area contributed by atoms with Gasteiger partial charge in [0.25, 0.3) is 10.2 Å². The Morgan fingerprint density at radius 1 is 1.26 bits per heavy atom. The van der Waals surface area contributed by atoms with Crippen LogP contribution in [0.1, 0.15) is 39.5 Å². The van der Waals surface area contributed by atoms with Crippen molar-refractivity contribution in [2.75, 3.05) is 33.2 Å². The monoisotopic (exact) mass is 291 g/mol. The van der Waals surface area contributed by atoms with Crippen LogP contribution in [0, 0.1) is 11.8 Å². The van der Waals surface area contributed by atoms with Crippen LogP contribution in [0.3, 0.4) is 0 Å². The molecule has 0 radical (unpaired) electrons. The fraction of sp³-hybridized carbons (Fsp3) is 1.00. The van der Waals surface area contributed by atoms with Gasteiger partial charge in [-0.15, -0.1) is 0 Å².